The van der Waals surface area contributed by atoms with Gasteiger partial charge in [-0.25, -0.2) is 0 Å². The summed E-state index contributed by atoms with van der Waals surface area (Å²) in [4.78, 5) is 2.29. The van der Waals surface area contributed by atoms with Crippen LogP contribution in [0.4, 0.5) is 0 Å². The molecule has 0 unspecified atom stereocenters. The molecule has 0 saturated carbocycles. The number of halogens is 1. The average molecular weight is 299 g/mol. The van der Waals surface area contributed by atoms with E-state index in [0.717, 1.165) is 6.42 Å². The fourth-order valence-electron chi connectivity index (χ4n) is 1.77. The summed E-state index contributed by atoms with van der Waals surface area (Å²) in [6.07, 6.45) is 11.3. The first kappa shape index (κ1) is 10.0. The van der Waals surface area contributed by atoms with Gasteiger partial charge < -0.3 is 4.90 Å². The van der Waals surface area contributed by atoms with E-state index in [2.05, 4.69) is 65.8 Å². The van der Waals surface area contributed by atoms with Crippen LogP contribution in [0.15, 0.2) is 45.0 Å². The molecule has 0 aromatic carbocycles. The lowest BCUT2D eigenvalue weighted by molar-refractivity contribution is 0.625. The first-order valence-corrected chi connectivity index (χ1v) is 5.97. The first-order valence-electron chi connectivity index (χ1n) is 4.89. The molecule has 0 aromatic heterocycles. The first-order chi connectivity index (χ1) is 6.68. The highest BCUT2D eigenvalue weighted by atomic mass is 127. The molecule has 74 valence electrons. The molecule has 2 heterocycles. The van der Waals surface area contributed by atoms with Crippen LogP contribution in [-0.4, -0.2) is 4.90 Å². The Morgan fingerprint density at radius 1 is 1.29 bits per heavy atom. The van der Waals surface area contributed by atoms with Crippen molar-refractivity contribution in [2.24, 2.45) is 0 Å². The number of nitrogens with zero attached hydrogens (tertiary/aromatic N) is 1. The zero-order valence-electron chi connectivity index (χ0n) is 8.55. The number of rotatable bonds is 0. The molecule has 0 bridgehead atoms. The Bertz CT molecular complexity index is 372. The Balaban J connectivity index is 2.47. The van der Waals surface area contributed by atoms with Crippen LogP contribution >= 0.6 is 22.6 Å². The van der Waals surface area contributed by atoms with Crippen molar-refractivity contribution >= 4 is 22.6 Å². The topological polar surface area (TPSA) is 3.24 Å². The third-order valence-corrected chi connectivity index (χ3v) is 3.56. The lowest BCUT2D eigenvalue weighted by Gasteiger charge is -2.25. The van der Waals surface area contributed by atoms with Gasteiger partial charge in [0.05, 0.1) is 3.70 Å². The molecule has 0 radical (unpaired) electrons. The lowest BCUT2D eigenvalue weighted by Crippen LogP contribution is -2.15. The second-order valence-electron chi connectivity index (χ2n) is 3.81. The van der Waals surface area contributed by atoms with Crippen LogP contribution in [0.3, 0.4) is 0 Å². The molecule has 1 nitrogen and oxygen atoms in total. The highest BCUT2D eigenvalue weighted by Crippen LogP contribution is 2.32. The van der Waals surface area contributed by atoms with Crippen LogP contribution < -0.4 is 0 Å². The summed E-state index contributed by atoms with van der Waals surface area (Å²) in [6.45, 7) is 4.36. The zero-order valence-corrected chi connectivity index (χ0v) is 10.7. The van der Waals surface area contributed by atoms with Gasteiger partial charge in [0.25, 0.3) is 0 Å². The fraction of sp³-hybridized carbons (Fsp3) is 0.333. The normalized spacial score (nSPS) is 21.5. The molecule has 2 aliphatic rings. The molecule has 0 fully saturated rings. The summed E-state index contributed by atoms with van der Waals surface area (Å²) >= 11 is 2.41. The van der Waals surface area contributed by atoms with Crippen molar-refractivity contribution in [2.45, 2.75) is 26.7 Å². The number of hydrogen-bond acceptors (Lipinski definition) is 1. The molecule has 2 aliphatic heterocycles. The van der Waals surface area contributed by atoms with E-state index in [1.807, 2.05) is 0 Å². The molecule has 2 rings (SSSR count). The molecule has 0 spiro atoms. The van der Waals surface area contributed by atoms with Gasteiger partial charge in [0.1, 0.15) is 0 Å². The maximum atomic E-state index is 2.41. The Kier molecular flexibility index (Phi) is 2.81. The van der Waals surface area contributed by atoms with E-state index in [9.17, 15) is 0 Å². The van der Waals surface area contributed by atoms with Gasteiger partial charge >= 0.3 is 0 Å². The van der Waals surface area contributed by atoms with E-state index in [-0.39, 0.29) is 0 Å². The monoisotopic (exact) mass is 299 g/mol. The molecule has 0 saturated heterocycles. The maximum Gasteiger partial charge on any atom is 0.0803 e. The standard InChI is InChI=1S/C12H14IN/c1-9-6-7-11-10(2)4-3-5-12(13)14(11)8-9/h5-8H,3-4H2,1-2H3. The molecule has 14 heavy (non-hydrogen) atoms. The van der Waals surface area contributed by atoms with Crippen molar-refractivity contribution in [2.75, 3.05) is 0 Å². The molecule has 0 aliphatic carbocycles. The van der Waals surface area contributed by atoms with E-state index in [1.165, 1.54) is 27.0 Å². The third kappa shape index (κ3) is 1.80. The van der Waals surface area contributed by atoms with Crippen LogP contribution in [0.1, 0.15) is 26.7 Å². The van der Waals surface area contributed by atoms with Crippen molar-refractivity contribution in [1.82, 2.24) is 4.90 Å². The average Bonchev–Trinajstić information content (AvgIpc) is 2.28. The minimum atomic E-state index is 1.16. The lowest BCUT2D eigenvalue weighted by atomic mass is 10.1. The van der Waals surface area contributed by atoms with E-state index < -0.39 is 0 Å². The second kappa shape index (κ2) is 3.93. The SMILES string of the molecule is CC1=CN2C(I)=CCCC(C)=C2C=C1. The minimum absolute atomic E-state index is 1.16. The third-order valence-electron chi connectivity index (χ3n) is 2.60. The summed E-state index contributed by atoms with van der Waals surface area (Å²) in [7, 11) is 0. The van der Waals surface area contributed by atoms with E-state index in [4.69, 9.17) is 0 Å². The zero-order chi connectivity index (χ0) is 10.1. The van der Waals surface area contributed by atoms with Crippen LogP contribution in [0.25, 0.3) is 0 Å². The summed E-state index contributed by atoms with van der Waals surface area (Å²) in [5.41, 5.74) is 4.15. The molecule has 0 atom stereocenters. The summed E-state index contributed by atoms with van der Waals surface area (Å²) in [5, 5.41) is 0. The van der Waals surface area contributed by atoms with Gasteiger partial charge in [-0.3, -0.25) is 0 Å². The van der Waals surface area contributed by atoms with Crippen molar-refractivity contribution < 1.29 is 0 Å². The molecule has 0 N–H and O–H groups in total. The van der Waals surface area contributed by atoms with Gasteiger partial charge in [-0.2, -0.15) is 0 Å². The van der Waals surface area contributed by atoms with E-state index >= 15 is 0 Å². The predicted molar refractivity (Wildman–Crippen MR) is 68.8 cm³/mol. The Morgan fingerprint density at radius 3 is 2.86 bits per heavy atom. The molecule has 0 aromatic rings. The smallest absolute Gasteiger partial charge is 0.0803 e. The van der Waals surface area contributed by atoms with Crippen molar-refractivity contribution in [3.05, 3.63) is 45.0 Å². The van der Waals surface area contributed by atoms with Gasteiger partial charge in [0.15, 0.2) is 0 Å². The summed E-state index contributed by atoms with van der Waals surface area (Å²) in [5.74, 6) is 0. The second-order valence-corrected chi connectivity index (χ2v) is 4.91. The number of fused-ring (bicyclic) bond motifs is 1. The molecular formula is C12H14IN. The van der Waals surface area contributed by atoms with Crippen LogP contribution in [0.2, 0.25) is 0 Å². The van der Waals surface area contributed by atoms with E-state index in [0.29, 0.717) is 0 Å². The highest BCUT2D eigenvalue weighted by Gasteiger charge is 2.16. The van der Waals surface area contributed by atoms with E-state index in [1.54, 1.807) is 0 Å². The van der Waals surface area contributed by atoms with Gasteiger partial charge in [0.2, 0.25) is 0 Å². The Morgan fingerprint density at radius 2 is 2.07 bits per heavy atom. The van der Waals surface area contributed by atoms with Gasteiger partial charge in [-0.1, -0.05) is 12.2 Å². The fourth-order valence-corrected chi connectivity index (χ4v) is 2.48. The van der Waals surface area contributed by atoms with Gasteiger partial charge in [-0.15, -0.1) is 0 Å². The highest BCUT2D eigenvalue weighted by molar-refractivity contribution is 14.1. The number of hydrogen-bond donors (Lipinski definition) is 0. The minimum Gasteiger partial charge on any atom is -0.312 e. The van der Waals surface area contributed by atoms with Crippen molar-refractivity contribution in [1.29, 1.82) is 0 Å². The predicted octanol–water partition coefficient (Wildman–Crippen LogP) is 4.11. The molecule has 0 amide bonds. The number of allylic oxidation sites excluding steroid dienone is 5. The van der Waals surface area contributed by atoms with Crippen molar-refractivity contribution in [3.8, 4) is 0 Å². The van der Waals surface area contributed by atoms with Gasteiger partial charge in [-0.05, 0) is 66.5 Å². The Labute approximate surface area is 99.0 Å². The quantitative estimate of drug-likeness (QED) is 0.481. The summed E-state index contributed by atoms with van der Waals surface area (Å²) < 4.78 is 1.32. The molecule has 2 heteroatoms. The maximum absolute atomic E-state index is 2.41. The van der Waals surface area contributed by atoms with Crippen LogP contribution in [0.5, 0.6) is 0 Å². The molecular weight excluding hydrogens is 285 g/mol. The summed E-state index contributed by atoms with van der Waals surface area (Å²) in [6, 6.07) is 0. The van der Waals surface area contributed by atoms with Crippen molar-refractivity contribution in [3.63, 3.8) is 0 Å². The largest absolute Gasteiger partial charge is 0.312 e. The van der Waals surface area contributed by atoms with Gasteiger partial charge in [0, 0.05) is 11.9 Å². The van der Waals surface area contributed by atoms with Crippen LogP contribution in [-0.2, 0) is 0 Å². The Hall–Kier alpha value is -0.510. The van der Waals surface area contributed by atoms with Crippen LogP contribution in [0, 0.1) is 0 Å².